The molecule has 12 nitrogen and oxygen atoms in total. The first-order valence-electron chi connectivity index (χ1n) is 12.9. The van der Waals surface area contributed by atoms with Crippen molar-refractivity contribution in [3.05, 3.63) is 0 Å². The molecule has 0 saturated heterocycles. The van der Waals surface area contributed by atoms with Crippen molar-refractivity contribution in [1.29, 1.82) is 0 Å². The largest absolute Gasteiger partial charge is 0.481 e. The minimum atomic E-state index is -1.07. The van der Waals surface area contributed by atoms with Gasteiger partial charge < -0.3 is 31.5 Å². The van der Waals surface area contributed by atoms with Crippen molar-refractivity contribution >= 4 is 35.6 Å². The van der Waals surface area contributed by atoms with Gasteiger partial charge in [0, 0.05) is 25.9 Å². The molecule has 0 aromatic rings. The van der Waals surface area contributed by atoms with Crippen LogP contribution in [0, 0.1) is 11.8 Å². The number of carboxylic acids is 2. The van der Waals surface area contributed by atoms with Gasteiger partial charge in [0.05, 0.1) is 12.8 Å². The Morgan fingerprint density at radius 3 is 1.16 bits per heavy atom. The van der Waals surface area contributed by atoms with Crippen LogP contribution in [-0.4, -0.2) is 71.0 Å². The molecule has 6 N–H and O–H groups in total. The third-order valence-corrected chi connectivity index (χ3v) is 5.62. The van der Waals surface area contributed by atoms with Crippen LogP contribution in [0.15, 0.2) is 0 Å². The van der Waals surface area contributed by atoms with Gasteiger partial charge in [-0.1, -0.05) is 47.0 Å². The van der Waals surface area contributed by atoms with Gasteiger partial charge >= 0.3 is 11.9 Å². The van der Waals surface area contributed by atoms with E-state index in [-0.39, 0.29) is 49.3 Å². The molecule has 0 rings (SSSR count). The van der Waals surface area contributed by atoms with E-state index >= 15 is 0 Å². The summed E-state index contributed by atoms with van der Waals surface area (Å²) in [7, 11) is 0. The van der Waals surface area contributed by atoms with Crippen molar-refractivity contribution < 1.29 is 39.0 Å². The summed E-state index contributed by atoms with van der Waals surface area (Å²) in [6.45, 7) is 8.13. The molecule has 4 amide bonds. The van der Waals surface area contributed by atoms with Crippen LogP contribution in [0.1, 0.15) is 85.5 Å². The molecule has 0 saturated carbocycles. The fourth-order valence-corrected chi connectivity index (χ4v) is 3.43. The number of unbranched alkanes of at least 4 members (excludes halogenated alkanes) is 4. The SMILES string of the molecule is CC(C)[C@H](NC(=O)CCC(=O)O)C(=O)NCCCCCCCNC(=O)[C@@H](NC(=O)CCC(=O)O)C(C)C. The molecule has 0 spiro atoms. The molecule has 0 heterocycles. The maximum atomic E-state index is 12.4. The molecular formula is C25H44N4O8. The Bertz CT molecular complexity index is 708. The summed E-state index contributed by atoms with van der Waals surface area (Å²) < 4.78 is 0. The summed E-state index contributed by atoms with van der Waals surface area (Å²) >= 11 is 0. The highest BCUT2D eigenvalue weighted by Crippen LogP contribution is 2.06. The van der Waals surface area contributed by atoms with E-state index in [1.54, 1.807) is 27.7 Å². The van der Waals surface area contributed by atoms with Gasteiger partial charge in [0.1, 0.15) is 12.1 Å². The molecule has 0 aliphatic rings. The minimum Gasteiger partial charge on any atom is -0.481 e. The van der Waals surface area contributed by atoms with Gasteiger partial charge in [-0.2, -0.15) is 0 Å². The Morgan fingerprint density at radius 2 is 0.865 bits per heavy atom. The van der Waals surface area contributed by atoms with Crippen LogP contribution in [-0.2, 0) is 28.8 Å². The average Bonchev–Trinajstić information content (AvgIpc) is 2.81. The summed E-state index contributed by atoms with van der Waals surface area (Å²) in [5.41, 5.74) is 0. The molecule has 0 aliphatic heterocycles. The van der Waals surface area contributed by atoms with Crippen LogP contribution in [0.3, 0.4) is 0 Å². The van der Waals surface area contributed by atoms with Gasteiger partial charge in [0.2, 0.25) is 23.6 Å². The number of amides is 4. The standard InChI is InChI=1S/C25H44N4O8/c1-16(2)22(28-18(30)10-12-20(32)33)24(36)26-14-8-6-5-7-9-15-27-25(37)23(17(3)4)29-19(31)11-13-21(34)35/h16-17,22-23H,5-15H2,1-4H3,(H,26,36)(H,27,37)(H,28,30)(H,29,31)(H,32,33)(H,34,35)/t22-,23-/m0/s1. The maximum absolute atomic E-state index is 12.4. The van der Waals surface area contributed by atoms with E-state index in [9.17, 15) is 28.8 Å². The summed E-state index contributed by atoms with van der Waals surface area (Å²) in [6.07, 6.45) is 3.25. The van der Waals surface area contributed by atoms with Crippen LogP contribution in [0.4, 0.5) is 0 Å². The zero-order valence-corrected chi connectivity index (χ0v) is 22.4. The third kappa shape index (κ3) is 17.0. The normalized spacial score (nSPS) is 12.5. The molecule has 12 heteroatoms. The third-order valence-electron chi connectivity index (χ3n) is 5.62. The van der Waals surface area contributed by atoms with Crippen molar-refractivity contribution in [2.24, 2.45) is 11.8 Å². The van der Waals surface area contributed by atoms with Crippen molar-refractivity contribution in [1.82, 2.24) is 21.3 Å². The van der Waals surface area contributed by atoms with E-state index in [4.69, 9.17) is 10.2 Å². The Labute approximate surface area is 218 Å². The van der Waals surface area contributed by atoms with Gasteiger partial charge in [0.25, 0.3) is 0 Å². The van der Waals surface area contributed by atoms with Crippen molar-refractivity contribution in [3.8, 4) is 0 Å². The molecule has 0 fully saturated rings. The molecule has 0 radical (unpaired) electrons. The Kier molecular flexibility index (Phi) is 17.4. The number of carbonyl (C=O) groups excluding carboxylic acids is 4. The molecule has 0 unspecified atom stereocenters. The van der Waals surface area contributed by atoms with Crippen molar-refractivity contribution in [2.75, 3.05) is 13.1 Å². The lowest BCUT2D eigenvalue weighted by Gasteiger charge is -2.22. The lowest BCUT2D eigenvalue weighted by atomic mass is 10.0. The van der Waals surface area contributed by atoms with E-state index in [0.29, 0.717) is 13.1 Å². The summed E-state index contributed by atoms with van der Waals surface area (Å²) in [5, 5.41) is 28.2. The second-order valence-electron chi connectivity index (χ2n) is 9.72. The van der Waals surface area contributed by atoms with Crippen LogP contribution in [0.25, 0.3) is 0 Å². The number of rotatable bonds is 20. The minimum absolute atomic E-state index is 0.141. The van der Waals surface area contributed by atoms with Crippen LogP contribution >= 0.6 is 0 Å². The van der Waals surface area contributed by atoms with Crippen molar-refractivity contribution in [2.45, 2.75) is 97.6 Å². The van der Waals surface area contributed by atoms with Gasteiger partial charge in [-0.3, -0.25) is 28.8 Å². The number of aliphatic carboxylic acids is 2. The van der Waals surface area contributed by atoms with E-state index in [0.717, 1.165) is 32.1 Å². The second-order valence-corrected chi connectivity index (χ2v) is 9.72. The average molecular weight is 529 g/mol. The molecule has 0 aromatic heterocycles. The van der Waals surface area contributed by atoms with E-state index < -0.39 is 35.8 Å². The molecule has 0 bridgehead atoms. The smallest absolute Gasteiger partial charge is 0.303 e. The molecule has 0 aromatic carbocycles. The number of hydrogen-bond donors (Lipinski definition) is 6. The summed E-state index contributed by atoms with van der Waals surface area (Å²) in [5.74, 6) is -3.95. The van der Waals surface area contributed by atoms with Crippen LogP contribution < -0.4 is 21.3 Å². The highest BCUT2D eigenvalue weighted by Gasteiger charge is 2.25. The highest BCUT2D eigenvalue weighted by molar-refractivity contribution is 5.89. The zero-order valence-electron chi connectivity index (χ0n) is 22.4. The van der Waals surface area contributed by atoms with Gasteiger partial charge in [-0.15, -0.1) is 0 Å². The predicted octanol–water partition coefficient (Wildman–Crippen LogP) is 1.18. The first kappa shape index (κ1) is 33.8. The monoisotopic (exact) mass is 528 g/mol. The molecule has 212 valence electrons. The first-order valence-corrected chi connectivity index (χ1v) is 12.9. The van der Waals surface area contributed by atoms with Crippen molar-refractivity contribution in [3.63, 3.8) is 0 Å². The molecular weight excluding hydrogens is 484 g/mol. The van der Waals surface area contributed by atoms with E-state index in [2.05, 4.69) is 21.3 Å². The summed E-state index contributed by atoms with van der Waals surface area (Å²) in [4.78, 5) is 69.7. The van der Waals surface area contributed by atoms with E-state index in [1.165, 1.54) is 0 Å². The molecule has 2 atom stereocenters. The van der Waals surface area contributed by atoms with Crippen LogP contribution in [0.2, 0.25) is 0 Å². The van der Waals surface area contributed by atoms with Gasteiger partial charge in [-0.05, 0) is 24.7 Å². The number of carboxylic acid groups (broad SMARTS) is 2. The number of hydrogen-bond acceptors (Lipinski definition) is 6. The lowest BCUT2D eigenvalue weighted by Crippen LogP contribution is -2.50. The van der Waals surface area contributed by atoms with Gasteiger partial charge in [0.15, 0.2) is 0 Å². The fraction of sp³-hybridized carbons (Fsp3) is 0.760. The maximum Gasteiger partial charge on any atom is 0.303 e. The lowest BCUT2D eigenvalue weighted by molar-refractivity contribution is -0.139. The number of nitrogens with one attached hydrogen (secondary N) is 4. The van der Waals surface area contributed by atoms with E-state index in [1.807, 2.05) is 0 Å². The zero-order chi connectivity index (χ0) is 28.4. The Morgan fingerprint density at radius 1 is 0.541 bits per heavy atom. The fourth-order valence-electron chi connectivity index (χ4n) is 3.43. The Hall–Kier alpha value is -3.18. The van der Waals surface area contributed by atoms with Gasteiger partial charge in [-0.25, -0.2) is 0 Å². The highest BCUT2D eigenvalue weighted by atomic mass is 16.4. The van der Waals surface area contributed by atoms with Crippen LogP contribution in [0.5, 0.6) is 0 Å². The Balaban J connectivity index is 4.12. The summed E-state index contributed by atoms with van der Waals surface area (Å²) in [6, 6.07) is -1.44. The molecule has 37 heavy (non-hydrogen) atoms. The first-order chi connectivity index (χ1) is 17.3. The second kappa shape index (κ2) is 19.0. The quantitative estimate of drug-likeness (QED) is 0.127. The molecule has 0 aliphatic carbocycles. The number of carbonyl (C=O) groups is 6. The topological polar surface area (TPSA) is 191 Å². The predicted molar refractivity (Wildman–Crippen MR) is 136 cm³/mol.